The first-order valence-corrected chi connectivity index (χ1v) is 7.71. The molecule has 1 aliphatic carbocycles. The van der Waals surface area contributed by atoms with Gasteiger partial charge in [-0.25, -0.2) is 9.59 Å². The summed E-state index contributed by atoms with van der Waals surface area (Å²) in [5.74, 6) is 0.264. The summed E-state index contributed by atoms with van der Waals surface area (Å²) in [5.41, 5.74) is 0. The molecule has 1 aliphatic rings. The fourth-order valence-corrected chi connectivity index (χ4v) is 2.79. The van der Waals surface area contributed by atoms with Crippen molar-refractivity contribution in [2.75, 3.05) is 6.54 Å². The standard InChI is InChI=1S/C15H28N2O3/c1-4-11-5-7-12(8-6-11)9-16-15(20)17-13(10(2)3)14(18)19/h10-13H,4-9H2,1-3H3,(H,18,19)(H2,16,17,20). The molecule has 0 aromatic rings. The molecule has 0 aromatic heterocycles. The second-order valence-corrected chi connectivity index (χ2v) is 6.21. The molecule has 0 aliphatic heterocycles. The lowest BCUT2D eigenvalue weighted by Gasteiger charge is -2.28. The van der Waals surface area contributed by atoms with E-state index < -0.39 is 12.0 Å². The summed E-state index contributed by atoms with van der Waals surface area (Å²) in [6.07, 6.45) is 6.05. The van der Waals surface area contributed by atoms with Crippen LogP contribution < -0.4 is 10.6 Å². The first-order chi connectivity index (χ1) is 9.43. The van der Waals surface area contributed by atoms with Crippen molar-refractivity contribution >= 4 is 12.0 Å². The summed E-state index contributed by atoms with van der Waals surface area (Å²) in [7, 11) is 0. The van der Waals surface area contributed by atoms with Gasteiger partial charge in [-0.1, -0.05) is 40.0 Å². The van der Waals surface area contributed by atoms with Gasteiger partial charge in [0.2, 0.25) is 0 Å². The Morgan fingerprint density at radius 3 is 2.15 bits per heavy atom. The van der Waals surface area contributed by atoms with E-state index in [9.17, 15) is 9.59 Å². The maximum atomic E-state index is 11.7. The number of amides is 2. The van der Waals surface area contributed by atoms with Crippen molar-refractivity contribution in [1.29, 1.82) is 0 Å². The number of hydrogen-bond acceptors (Lipinski definition) is 2. The summed E-state index contributed by atoms with van der Waals surface area (Å²) in [4.78, 5) is 22.7. The minimum atomic E-state index is -0.987. The molecule has 20 heavy (non-hydrogen) atoms. The van der Waals surface area contributed by atoms with Crippen LogP contribution >= 0.6 is 0 Å². The van der Waals surface area contributed by atoms with Crippen molar-refractivity contribution in [1.82, 2.24) is 10.6 Å². The summed E-state index contributed by atoms with van der Waals surface area (Å²) in [6, 6.07) is -1.20. The third-order valence-electron chi connectivity index (χ3n) is 4.31. The molecule has 0 saturated heterocycles. The third kappa shape index (κ3) is 5.39. The van der Waals surface area contributed by atoms with Gasteiger partial charge in [-0.2, -0.15) is 0 Å². The molecule has 0 bridgehead atoms. The fraction of sp³-hybridized carbons (Fsp3) is 0.867. The number of rotatable bonds is 6. The number of carbonyl (C=O) groups excluding carboxylic acids is 1. The van der Waals surface area contributed by atoms with E-state index in [1.54, 1.807) is 13.8 Å². The minimum absolute atomic E-state index is 0.127. The zero-order chi connectivity index (χ0) is 15.1. The van der Waals surface area contributed by atoms with E-state index in [0.717, 1.165) is 18.8 Å². The number of carbonyl (C=O) groups is 2. The topological polar surface area (TPSA) is 78.4 Å². The van der Waals surface area contributed by atoms with Crippen LogP contribution in [-0.4, -0.2) is 29.7 Å². The Bertz CT molecular complexity index is 323. The molecule has 116 valence electrons. The number of hydrogen-bond donors (Lipinski definition) is 3. The van der Waals surface area contributed by atoms with Crippen LogP contribution in [0.5, 0.6) is 0 Å². The van der Waals surface area contributed by atoms with E-state index >= 15 is 0 Å². The molecule has 1 saturated carbocycles. The van der Waals surface area contributed by atoms with E-state index in [4.69, 9.17) is 5.11 Å². The van der Waals surface area contributed by atoms with Gasteiger partial charge in [-0.3, -0.25) is 0 Å². The molecular formula is C15H28N2O3. The van der Waals surface area contributed by atoms with Crippen molar-refractivity contribution in [2.24, 2.45) is 17.8 Å². The second-order valence-electron chi connectivity index (χ2n) is 6.21. The highest BCUT2D eigenvalue weighted by atomic mass is 16.4. The van der Waals surface area contributed by atoms with Crippen LogP contribution in [0.2, 0.25) is 0 Å². The van der Waals surface area contributed by atoms with Crippen LogP contribution in [0.15, 0.2) is 0 Å². The lowest BCUT2D eigenvalue weighted by Crippen LogP contribution is -2.49. The van der Waals surface area contributed by atoms with Crippen molar-refractivity contribution < 1.29 is 14.7 Å². The van der Waals surface area contributed by atoms with E-state index in [1.165, 1.54) is 19.3 Å². The summed E-state index contributed by atoms with van der Waals surface area (Å²) in [6.45, 7) is 6.44. The Balaban J connectivity index is 2.28. The molecule has 2 amide bonds. The molecule has 0 spiro atoms. The normalized spacial score (nSPS) is 24.2. The second kappa shape index (κ2) is 8.12. The average molecular weight is 284 g/mol. The Morgan fingerprint density at radius 1 is 1.15 bits per heavy atom. The van der Waals surface area contributed by atoms with Crippen LogP contribution in [-0.2, 0) is 4.79 Å². The fourth-order valence-electron chi connectivity index (χ4n) is 2.79. The first-order valence-electron chi connectivity index (χ1n) is 7.71. The average Bonchev–Trinajstić information content (AvgIpc) is 2.42. The van der Waals surface area contributed by atoms with Crippen LogP contribution in [0.25, 0.3) is 0 Å². The lowest BCUT2D eigenvalue weighted by atomic mass is 9.81. The monoisotopic (exact) mass is 284 g/mol. The maximum Gasteiger partial charge on any atom is 0.326 e. The first kappa shape index (κ1) is 16.8. The van der Waals surface area contributed by atoms with Crippen LogP contribution in [0, 0.1) is 17.8 Å². The third-order valence-corrected chi connectivity index (χ3v) is 4.31. The summed E-state index contributed by atoms with van der Waals surface area (Å²) in [5, 5.41) is 14.4. The molecule has 3 N–H and O–H groups in total. The molecular weight excluding hydrogens is 256 g/mol. The highest BCUT2D eigenvalue weighted by Crippen LogP contribution is 2.29. The Morgan fingerprint density at radius 2 is 1.70 bits per heavy atom. The Hall–Kier alpha value is -1.26. The molecule has 0 heterocycles. The quantitative estimate of drug-likeness (QED) is 0.701. The summed E-state index contributed by atoms with van der Waals surface area (Å²) >= 11 is 0. The van der Waals surface area contributed by atoms with Crippen molar-refractivity contribution in [2.45, 2.75) is 58.9 Å². The van der Waals surface area contributed by atoms with Gasteiger partial charge >= 0.3 is 12.0 Å². The van der Waals surface area contributed by atoms with Gasteiger partial charge < -0.3 is 15.7 Å². The molecule has 1 rings (SSSR count). The van der Waals surface area contributed by atoms with E-state index in [1.807, 2.05) is 0 Å². The van der Waals surface area contributed by atoms with Crippen molar-refractivity contribution in [3.8, 4) is 0 Å². The number of nitrogens with one attached hydrogen (secondary N) is 2. The van der Waals surface area contributed by atoms with Gasteiger partial charge in [-0.05, 0) is 30.6 Å². The molecule has 1 fully saturated rings. The molecule has 1 unspecified atom stereocenters. The van der Waals surface area contributed by atoms with Crippen LogP contribution in [0.4, 0.5) is 4.79 Å². The lowest BCUT2D eigenvalue weighted by molar-refractivity contribution is -0.140. The molecule has 5 heteroatoms. The van der Waals surface area contributed by atoms with E-state index in [-0.39, 0.29) is 11.9 Å². The Kier molecular flexibility index (Phi) is 6.82. The van der Waals surface area contributed by atoms with Gasteiger partial charge in [0.25, 0.3) is 0 Å². The highest BCUT2D eigenvalue weighted by Gasteiger charge is 2.24. The SMILES string of the molecule is CCC1CCC(CNC(=O)NC(C(=O)O)C(C)C)CC1. The van der Waals surface area contributed by atoms with Crippen molar-refractivity contribution in [3.05, 3.63) is 0 Å². The number of carboxylic acids is 1. The zero-order valence-corrected chi connectivity index (χ0v) is 12.8. The van der Waals surface area contributed by atoms with Gasteiger partial charge in [0, 0.05) is 6.54 Å². The summed E-state index contributed by atoms with van der Waals surface area (Å²) < 4.78 is 0. The highest BCUT2D eigenvalue weighted by molar-refractivity contribution is 5.82. The Labute approximate surface area is 121 Å². The molecule has 0 radical (unpaired) electrons. The zero-order valence-electron chi connectivity index (χ0n) is 12.8. The van der Waals surface area contributed by atoms with Crippen LogP contribution in [0.3, 0.4) is 0 Å². The van der Waals surface area contributed by atoms with E-state index in [0.29, 0.717) is 12.5 Å². The van der Waals surface area contributed by atoms with Crippen LogP contribution in [0.1, 0.15) is 52.9 Å². The molecule has 5 nitrogen and oxygen atoms in total. The molecule has 0 aromatic carbocycles. The predicted octanol–water partition coefficient (Wildman–Crippen LogP) is 2.61. The van der Waals surface area contributed by atoms with Gasteiger partial charge in [0.15, 0.2) is 0 Å². The minimum Gasteiger partial charge on any atom is -0.480 e. The van der Waals surface area contributed by atoms with Gasteiger partial charge in [0.05, 0.1) is 0 Å². The number of aliphatic carboxylic acids is 1. The van der Waals surface area contributed by atoms with Gasteiger partial charge in [-0.15, -0.1) is 0 Å². The van der Waals surface area contributed by atoms with E-state index in [2.05, 4.69) is 17.6 Å². The van der Waals surface area contributed by atoms with Gasteiger partial charge in [0.1, 0.15) is 6.04 Å². The largest absolute Gasteiger partial charge is 0.480 e. The van der Waals surface area contributed by atoms with Crippen molar-refractivity contribution in [3.63, 3.8) is 0 Å². The maximum absolute atomic E-state index is 11.7. The number of carboxylic acid groups (broad SMARTS) is 1. The number of urea groups is 1. The predicted molar refractivity (Wildman–Crippen MR) is 78.5 cm³/mol. The molecule has 1 atom stereocenters. The smallest absolute Gasteiger partial charge is 0.326 e.